The fourth-order valence-corrected chi connectivity index (χ4v) is 7.28. The summed E-state index contributed by atoms with van der Waals surface area (Å²) in [6.07, 6.45) is 1.46. The smallest absolute Gasteiger partial charge is 0.376 e. The van der Waals surface area contributed by atoms with Crippen LogP contribution in [0.3, 0.4) is 0 Å². The van der Waals surface area contributed by atoms with Crippen LogP contribution in [-0.4, -0.2) is 86.2 Å². The van der Waals surface area contributed by atoms with Gasteiger partial charge in [-0.15, -0.1) is 0 Å². The van der Waals surface area contributed by atoms with Gasteiger partial charge < -0.3 is 19.3 Å². The molecule has 11 heteroatoms. The summed E-state index contributed by atoms with van der Waals surface area (Å²) in [7, 11) is -4.17. The number of hydrogen-bond donors (Lipinski definition) is 1. The molecule has 3 aliphatic heterocycles. The molecule has 2 aromatic rings. The van der Waals surface area contributed by atoms with Gasteiger partial charge in [0.15, 0.2) is 11.5 Å². The number of piperazine rings is 1. The normalized spacial score (nSPS) is 23.1. The highest BCUT2D eigenvalue weighted by Crippen LogP contribution is 2.36. The lowest BCUT2D eigenvalue weighted by Gasteiger charge is -2.51. The van der Waals surface area contributed by atoms with E-state index in [0.29, 0.717) is 11.5 Å². The summed E-state index contributed by atoms with van der Waals surface area (Å²) in [5, 5.41) is 20.0. The van der Waals surface area contributed by atoms with E-state index in [-0.39, 0.29) is 28.7 Å². The first-order valence-corrected chi connectivity index (χ1v) is 14.7. The number of nitrogens with zero attached hydrogens (tertiary/aromatic N) is 4. The lowest BCUT2D eigenvalue weighted by atomic mass is 9.77. The van der Waals surface area contributed by atoms with Gasteiger partial charge in [-0.25, -0.2) is 8.42 Å². The number of rotatable bonds is 6. The number of sulfone groups is 1. The molecule has 2 saturated heterocycles. The van der Waals surface area contributed by atoms with Crippen molar-refractivity contribution in [3.8, 4) is 17.6 Å². The zero-order valence-electron chi connectivity index (χ0n) is 22.2. The van der Waals surface area contributed by atoms with Gasteiger partial charge in [0.2, 0.25) is 16.6 Å². The summed E-state index contributed by atoms with van der Waals surface area (Å²) < 4.78 is 37.1. The van der Waals surface area contributed by atoms with Gasteiger partial charge in [-0.2, -0.15) is 5.26 Å². The topological polar surface area (TPSA) is 106 Å². The third-order valence-electron chi connectivity index (χ3n) is 8.47. The Bertz CT molecular complexity index is 1310. The molecule has 2 aromatic carbocycles. The summed E-state index contributed by atoms with van der Waals surface area (Å²) in [5.74, 6) is 0.990. The van der Waals surface area contributed by atoms with Crippen LogP contribution < -0.4 is 9.47 Å². The monoisotopic (exact) mass is 538 g/mol. The summed E-state index contributed by atoms with van der Waals surface area (Å²) in [4.78, 5) is 7.20. The van der Waals surface area contributed by atoms with Crippen LogP contribution in [0.25, 0.3) is 0 Å². The molecule has 2 fully saturated rings. The largest absolute Gasteiger partial charge is 0.454 e. The molecule has 3 aliphatic rings. The summed E-state index contributed by atoms with van der Waals surface area (Å²) in [6.45, 7) is 10.1. The van der Waals surface area contributed by atoms with Gasteiger partial charge in [0.1, 0.15) is 5.54 Å². The second kappa shape index (κ2) is 10.5. The second-order valence-electron chi connectivity index (χ2n) is 10.6. The first kappa shape index (κ1) is 27.0. The van der Waals surface area contributed by atoms with Gasteiger partial charge in [-0.1, -0.05) is 12.1 Å². The average Bonchev–Trinajstić information content (AvgIpc) is 3.41. The molecule has 0 spiro atoms. The minimum atomic E-state index is -3.68. The Morgan fingerprint density at radius 3 is 2.34 bits per heavy atom. The van der Waals surface area contributed by atoms with Gasteiger partial charge in [-0.05, 0) is 76.4 Å². The number of ether oxygens (including phenoxy) is 2. The summed E-state index contributed by atoms with van der Waals surface area (Å²) in [5.41, 5.74) is 0.565. The van der Waals surface area contributed by atoms with E-state index in [1.807, 2.05) is 16.9 Å². The zero-order valence-corrected chi connectivity index (χ0v) is 23.0. The molecular weight excluding hydrogens is 503 g/mol. The molecule has 9 nitrogen and oxygen atoms in total. The van der Waals surface area contributed by atoms with Gasteiger partial charge in [0.05, 0.1) is 15.9 Å². The van der Waals surface area contributed by atoms with E-state index in [1.165, 1.54) is 6.07 Å². The Morgan fingerprint density at radius 2 is 1.71 bits per heavy atom. The fraction of sp³-hybridized carbons (Fsp3) is 0.519. The van der Waals surface area contributed by atoms with Crippen LogP contribution in [0, 0.1) is 11.3 Å². The molecule has 0 unspecified atom stereocenters. The molecule has 1 N–H and O–H groups in total. The van der Waals surface area contributed by atoms with E-state index in [2.05, 4.69) is 29.7 Å². The maximum atomic E-state index is 13.2. The van der Waals surface area contributed by atoms with Crippen molar-refractivity contribution in [3.63, 3.8) is 0 Å². The van der Waals surface area contributed by atoms with Crippen molar-refractivity contribution in [2.24, 2.45) is 0 Å². The predicted molar refractivity (Wildman–Crippen MR) is 144 cm³/mol. The molecular formula is C27H35BN4O5S. The van der Waals surface area contributed by atoms with Crippen molar-refractivity contribution in [1.29, 1.82) is 5.26 Å². The third-order valence-corrected chi connectivity index (χ3v) is 10.2. The van der Waals surface area contributed by atoms with Crippen molar-refractivity contribution in [2.75, 3.05) is 39.5 Å². The molecule has 0 saturated carbocycles. The third kappa shape index (κ3) is 4.92. The lowest BCUT2D eigenvalue weighted by molar-refractivity contribution is -0.00771. The SMILES string of the molecule is CB(O)N1CCC(C#N)(N2CCN([C@@H](C)c3ccc(S(=O)(=O)c4ccc5c(c4)OCO5)cc3)[C@H](C)C2)CC1. The van der Waals surface area contributed by atoms with E-state index in [1.54, 1.807) is 31.1 Å². The van der Waals surface area contributed by atoms with Crippen LogP contribution >= 0.6 is 0 Å². The average molecular weight is 538 g/mol. The van der Waals surface area contributed by atoms with Crippen LogP contribution in [0.15, 0.2) is 52.3 Å². The van der Waals surface area contributed by atoms with Crippen molar-refractivity contribution >= 4 is 16.9 Å². The second-order valence-corrected chi connectivity index (χ2v) is 12.6. The van der Waals surface area contributed by atoms with Crippen molar-refractivity contribution in [2.45, 2.75) is 60.9 Å². The van der Waals surface area contributed by atoms with E-state index < -0.39 is 22.4 Å². The number of nitriles is 1. The number of hydrogen-bond acceptors (Lipinski definition) is 9. The lowest BCUT2D eigenvalue weighted by Crippen LogP contribution is -2.63. The van der Waals surface area contributed by atoms with E-state index in [9.17, 15) is 18.7 Å². The van der Waals surface area contributed by atoms with Gasteiger partial charge in [0.25, 0.3) is 0 Å². The van der Waals surface area contributed by atoms with Crippen LogP contribution in [0.2, 0.25) is 6.82 Å². The molecule has 3 heterocycles. The first-order valence-electron chi connectivity index (χ1n) is 13.2. The number of benzene rings is 2. The van der Waals surface area contributed by atoms with E-state index in [4.69, 9.17) is 9.47 Å². The molecule has 202 valence electrons. The highest BCUT2D eigenvalue weighted by Gasteiger charge is 2.44. The van der Waals surface area contributed by atoms with E-state index >= 15 is 0 Å². The molecule has 0 aliphatic carbocycles. The molecule has 38 heavy (non-hydrogen) atoms. The highest BCUT2D eigenvalue weighted by atomic mass is 32.2. The quantitative estimate of drug-likeness (QED) is 0.556. The first-order chi connectivity index (χ1) is 18.1. The summed E-state index contributed by atoms with van der Waals surface area (Å²) in [6, 6.07) is 14.8. The predicted octanol–water partition coefficient (Wildman–Crippen LogP) is 2.78. The van der Waals surface area contributed by atoms with E-state index in [0.717, 1.165) is 51.1 Å². The van der Waals surface area contributed by atoms with Crippen molar-refractivity contribution < 1.29 is 22.9 Å². The van der Waals surface area contributed by atoms with Crippen molar-refractivity contribution in [1.82, 2.24) is 14.6 Å². The van der Waals surface area contributed by atoms with Crippen molar-refractivity contribution in [3.05, 3.63) is 48.0 Å². The highest BCUT2D eigenvalue weighted by molar-refractivity contribution is 7.91. The Hall–Kier alpha value is -2.62. The number of piperidine rings is 1. The molecule has 2 atom stereocenters. The Balaban J connectivity index is 1.25. The van der Waals surface area contributed by atoms with Crippen LogP contribution in [0.4, 0.5) is 0 Å². The minimum Gasteiger partial charge on any atom is -0.454 e. The standard InChI is InChI=1S/C27H35BN4O5S/c1-20-17-30(27(18-29)10-12-31(13-11-27)28(3)33)14-15-32(20)21(2)22-4-6-23(7-5-22)38(34,35)24-8-9-25-26(16-24)37-19-36-25/h4-9,16,20-21,33H,10-15,17,19H2,1-3H3/t20-,21+/m1/s1. The molecule has 0 radical (unpaired) electrons. The van der Waals surface area contributed by atoms with Gasteiger partial charge in [-0.3, -0.25) is 9.80 Å². The van der Waals surface area contributed by atoms with Crippen LogP contribution in [0.5, 0.6) is 11.5 Å². The Morgan fingerprint density at radius 1 is 1.05 bits per heavy atom. The Kier molecular flexibility index (Phi) is 7.46. The fourth-order valence-electron chi connectivity index (χ4n) is 6.00. The van der Waals surface area contributed by atoms with Crippen LogP contribution in [0.1, 0.15) is 38.3 Å². The van der Waals surface area contributed by atoms with Gasteiger partial charge >= 0.3 is 7.05 Å². The van der Waals surface area contributed by atoms with Crippen LogP contribution in [-0.2, 0) is 9.84 Å². The minimum absolute atomic E-state index is 0.0944. The maximum absolute atomic E-state index is 13.2. The molecule has 0 amide bonds. The zero-order chi connectivity index (χ0) is 27.1. The van der Waals surface area contributed by atoms with Gasteiger partial charge in [0, 0.05) is 37.8 Å². The molecule has 0 bridgehead atoms. The number of fused-ring (bicyclic) bond motifs is 1. The molecule has 0 aromatic heterocycles. The Labute approximate surface area is 225 Å². The molecule has 5 rings (SSSR count). The summed E-state index contributed by atoms with van der Waals surface area (Å²) >= 11 is 0. The maximum Gasteiger partial charge on any atom is 0.376 e.